The zero-order valence-corrected chi connectivity index (χ0v) is 15.6. The van der Waals surface area contributed by atoms with E-state index >= 15 is 0 Å². The molecule has 0 unspecified atom stereocenters. The third kappa shape index (κ3) is 4.31. The number of nitrogens with zero attached hydrogens (tertiary/aromatic N) is 1. The van der Waals surface area contributed by atoms with Gasteiger partial charge in [-0.2, -0.15) is 0 Å². The maximum atomic E-state index is 12.4. The van der Waals surface area contributed by atoms with E-state index in [0.717, 1.165) is 23.2 Å². The normalized spacial score (nSPS) is 14.2. The molecule has 1 fully saturated rings. The molecule has 1 aromatic heterocycles. The van der Waals surface area contributed by atoms with Crippen LogP contribution in [0, 0.1) is 5.92 Å². The summed E-state index contributed by atoms with van der Waals surface area (Å²) in [7, 11) is 1.97. The largest absolute Gasteiger partial charge is 0.573 e. The summed E-state index contributed by atoms with van der Waals surface area (Å²) in [6, 6.07) is 11.0. The van der Waals surface area contributed by atoms with Crippen LogP contribution in [0.25, 0.3) is 22.0 Å². The van der Waals surface area contributed by atoms with Gasteiger partial charge in [0.2, 0.25) is 0 Å². The lowest BCUT2D eigenvalue weighted by atomic mass is 10.0. The Bertz CT molecular complexity index is 1050. The summed E-state index contributed by atoms with van der Waals surface area (Å²) in [5.41, 5.74) is 3.15. The molecule has 29 heavy (non-hydrogen) atoms. The number of anilines is 1. The minimum Gasteiger partial charge on any atom is -0.477 e. The van der Waals surface area contributed by atoms with Gasteiger partial charge < -0.3 is 19.7 Å². The number of aromatic amines is 1. The van der Waals surface area contributed by atoms with Crippen LogP contribution >= 0.6 is 0 Å². The Hall–Kier alpha value is -3.16. The smallest absolute Gasteiger partial charge is 0.477 e. The molecule has 1 heterocycles. The Balaban J connectivity index is 1.76. The van der Waals surface area contributed by atoms with Crippen LogP contribution in [0.5, 0.6) is 5.75 Å². The second-order valence-corrected chi connectivity index (χ2v) is 7.34. The molecule has 0 atom stereocenters. The van der Waals surface area contributed by atoms with Crippen LogP contribution in [0.4, 0.5) is 18.9 Å². The van der Waals surface area contributed by atoms with E-state index in [2.05, 4.69) is 14.6 Å². The molecule has 1 saturated carbocycles. The number of aromatic carboxylic acids is 1. The topological polar surface area (TPSA) is 65.6 Å². The molecule has 5 nitrogen and oxygen atoms in total. The number of fused-ring (bicyclic) bond motifs is 1. The van der Waals surface area contributed by atoms with Gasteiger partial charge in [-0.05, 0) is 54.7 Å². The maximum absolute atomic E-state index is 12.4. The van der Waals surface area contributed by atoms with Crippen molar-refractivity contribution in [3.63, 3.8) is 0 Å². The molecule has 1 aliphatic rings. The van der Waals surface area contributed by atoms with E-state index in [-0.39, 0.29) is 11.4 Å². The highest BCUT2D eigenvalue weighted by molar-refractivity contribution is 5.98. The summed E-state index contributed by atoms with van der Waals surface area (Å²) >= 11 is 0. The zero-order valence-electron chi connectivity index (χ0n) is 15.6. The van der Waals surface area contributed by atoms with Crippen LogP contribution in [-0.2, 0) is 0 Å². The summed E-state index contributed by atoms with van der Waals surface area (Å²) in [5, 5.41) is 10.0. The van der Waals surface area contributed by atoms with Crippen LogP contribution in [0.3, 0.4) is 0 Å². The highest BCUT2D eigenvalue weighted by atomic mass is 19.4. The van der Waals surface area contributed by atoms with E-state index in [1.165, 1.54) is 25.0 Å². The molecule has 0 amide bonds. The Kier molecular flexibility index (Phi) is 4.64. The number of halogens is 3. The first-order valence-electron chi connectivity index (χ1n) is 9.17. The predicted octanol–water partition coefficient (Wildman–Crippen LogP) is 5.28. The summed E-state index contributed by atoms with van der Waals surface area (Å²) in [5.74, 6) is -0.709. The number of carboxylic acids is 1. The monoisotopic (exact) mass is 404 g/mol. The van der Waals surface area contributed by atoms with E-state index in [0.29, 0.717) is 17.0 Å². The van der Waals surface area contributed by atoms with E-state index in [1.807, 2.05) is 19.2 Å². The number of aromatic nitrogens is 1. The first kappa shape index (κ1) is 19.2. The van der Waals surface area contributed by atoms with Gasteiger partial charge in [0.05, 0.1) is 0 Å². The second kappa shape index (κ2) is 7.02. The van der Waals surface area contributed by atoms with Crippen LogP contribution in [-0.4, -0.2) is 36.0 Å². The summed E-state index contributed by atoms with van der Waals surface area (Å²) in [4.78, 5) is 16.3. The molecule has 152 valence electrons. The first-order chi connectivity index (χ1) is 13.7. The molecule has 0 bridgehead atoms. The number of rotatable bonds is 6. The number of carbonyl (C=O) groups is 1. The van der Waals surface area contributed by atoms with Crippen molar-refractivity contribution >= 4 is 22.6 Å². The number of hydrogen-bond acceptors (Lipinski definition) is 3. The van der Waals surface area contributed by atoms with Crippen molar-refractivity contribution in [3.8, 4) is 16.9 Å². The summed E-state index contributed by atoms with van der Waals surface area (Å²) in [6.45, 7) is 0.865. The number of H-pyrrole nitrogens is 1. The molecule has 8 heteroatoms. The third-order valence-corrected chi connectivity index (χ3v) is 5.01. The van der Waals surface area contributed by atoms with E-state index in [9.17, 15) is 23.1 Å². The van der Waals surface area contributed by atoms with Crippen LogP contribution in [0.2, 0.25) is 0 Å². The van der Waals surface area contributed by atoms with Gasteiger partial charge in [0.15, 0.2) is 0 Å². The van der Waals surface area contributed by atoms with Gasteiger partial charge >= 0.3 is 12.3 Å². The molecule has 0 spiro atoms. The van der Waals surface area contributed by atoms with E-state index < -0.39 is 12.3 Å². The van der Waals surface area contributed by atoms with Gasteiger partial charge in [-0.15, -0.1) is 13.2 Å². The van der Waals surface area contributed by atoms with E-state index in [4.69, 9.17) is 0 Å². The van der Waals surface area contributed by atoms with Gasteiger partial charge in [0.1, 0.15) is 11.4 Å². The average molecular weight is 404 g/mol. The fourth-order valence-electron chi connectivity index (χ4n) is 3.45. The van der Waals surface area contributed by atoms with Crippen LogP contribution in [0.15, 0.2) is 42.5 Å². The van der Waals surface area contributed by atoms with Gasteiger partial charge in [-0.25, -0.2) is 4.79 Å². The predicted molar refractivity (Wildman–Crippen MR) is 103 cm³/mol. The fraction of sp³-hybridized carbons (Fsp3) is 0.286. The number of hydrogen-bond donors (Lipinski definition) is 2. The molecule has 0 radical (unpaired) electrons. The van der Waals surface area contributed by atoms with Crippen molar-refractivity contribution in [1.82, 2.24) is 4.98 Å². The first-order valence-corrected chi connectivity index (χ1v) is 9.17. The number of benzene rings is 2. The zero-order chi connectivity index (χ0) is 20.8. The van der Waals surface area contributed by atoms with Crippen molar-refractivity contribution < 1.29 is 27.8 Å². The van der Waals surface area contributed by atoms with Gasteiger partial charge in [-0.3, -0.25) is 0 Å². The molecular formula is C21H19F3N2O3. The van der Waals surface area contributed by atoms with Gasteiger partial charge in [0.25, 0.3) is 0 Å². The fourth-order valence-corrected chi connectivity index (χ4v) is 3.45. The Morgan fingerprint density at radius 3 is 2.48 bits per heavy atom. The van der Waals surface area contributed by atoms with Crippen molar-refractivity contribution in [3.05, 3.63) is 48.2 Å². The second-order valence-electron chi connectivity index (χ2n) is 7.34. The number of nitrogens with one attached hydrogen (secondary N) is 1. The number of ether oxygens (including phenoxy) is 1. The van der Waals surface area contributed by atoms with Crippen LogP contribution in [0.1, 0.15) is 23.3 Å². The maximum Gasteiger partial charge on any atom is 0.573 e. The van der Waals surface area contributed by atoms with Crippen molar-refractivity contribution in [2.75, 3.05) is 18.5 Å². The summed E-state index contributed by atoms with van der Waals surface area (Å²) < 4.78 is 41.2. The standard InChI is InChI=1S/C21H19F3N2O3/c1-26(11-12-2-3-12)19-9-14-8-18(20(27)28)25-17(14)10-16(19)13-4-6-15(7-5-13)29-21(22,23)24/h4-10,12,25H,2-3,11H2,1H3,(H,27,28). The lowest BCUT2D eigenvalue weighted by Gasteiger charge is -2.23. The molecule has 2 aromatic carbocycles. The van der Waals surface area contributed by atoms with Gasteiger partial charge in [0, 0.05) is 35.7 Å². The molecular weight excluding hydrogens is 385 g/mol. The van der Waals surface area contributed by atoms with Crippen LogP contribution < -0.4 is 9.64 Å². The number of alkyl halides is 3. The lowest BCUT2D eigenvalue weighted by Crippen LogP contribution is -2.20. The minimum atomic E-state index is -4.74. The molecule has 1 aliphatic carbocycles. The Morgan fingerprint density at radius 2 is 1.90 bits per heavy atom. The highest BCUT2D eigenvalue weighted by Crippen LogP contribution is 2.38. The average Bonchev–Trinajstić information content (AvgIpc) is 3.35. The highest BCUT2D eigenvalue weighted by Gasteiger charge is 2.31. The Labute approximate surface area is 164 Å². The van der Waals surface area contributed by atoms with Crippen molar-refractivity contribution in [1.29, 1.82) is 0 Å². The third-order valence-electron chi connectivity index (χ3n) is 5.01. The quantitative estimate of drug-likeness (QED) is 0.587. The number of carboxylic acid groups (broad SMARTS) is 1. The summed E-state index contributed by atoms with van der Waals surface area (Å²) in [6.07, 6.45) is -2.38. The SMILES string of the molecule is CN(CC1CC1)c1cc2cc(C(=O)O)[nH]c2cc1-c1ccc(OC(F)(F)F)cc1. The minimum absolute atomic E-state index is 0.0851. The molecule has 4 rings (SSSR count). The molecule has 2 N–H and O–H groups in total. The molecule has 0 aliphatic heterocycles. The van der Waals surface area contributed by atoms with Gasteiger partial charge in [-0.1, -0.05) is 12.1 Å². The lowest BCUT2D eigenvalue weighted by molar-refractivity contribution is -0.274. The van der Waals surface area contributed by atoms with Crippen molar-refractivity contribution in [2.45, 2.75) is 19.2 Å². The molecule has 0 saturated heterocycles. The van der Waals surface area contributed by atoms with E-state index in [1.54, 1.807) is 18.2 Å². The molecule has 3 aromatic rings. The van der Waals surface area contributed by atoms with Crippen molar-refractivity contribution in [2.24, 2.45) is 5.92 Å². The Morgan fingerprint density at radius 1 is 1.21 bits per heavy atom.